The number of aryl methyl sites for hydroxylation is 2. The molecule has 0 N–H and O–H groups in total. The topological polar surface area (TPSA) is 67.1 Å². The molecule has 3 aromatic rings. The van der Waals surface area contributed by atoms with Crippen LogP contribution in [0.15, 0.2) is 64.3 Å². The summed E-state index contributed by atoms with van der Waals surface area (Å²) < 4.78 is 19.4. The Bertz CT molecular complexity index is 1120. The van der Waals surface area contributed by atoms with Crippen molar-refractivity contribution in [2.24, 2.45) is 12.2 Å². The van der Waals surface area contributed by atoms with Crippen LogP contribution < -0.4 is 14.2 Å². The fourth-order valence-corrected chi connectivity index (χ4v) is 3.24. The molecule has 0 unspecified atom stereocenters. The van der Waals surface area contributed by atoms with E-state index in [1.807, 2.05) is 62.5 Å². The zero-order chi connectivity index (χ0) is 25.0. The number of rotatable bonds is 13. The summed E-state index contributed by atoms with van der Waals surface area (Å²) in [5.74, 6) is 3.26. The third-order valence-electron chi connectivity index (χ3n) is 4.89. The fraction of sp³-hybridized carbons (Fsp3) is 0.308. The van der Waals surface area contributed by atoms with Crippen molar-refractivity contribution in [3.05, 3.63) is 70.4 Å². The predicted octanol–water partition coefficient (Wildman–Crippen LogP) is 7.55. The van der Waals surface area contributed by atoms with Gasteiger partial charge in [-0.25, -0.2) is 4.68 Å². The molecule has 186 valence electrons. The van der Waals surface area contributed by atoms with E-state index < -0.39 is 0 Å². The van der Waals surface area contributed by atoms with Gasteiger partial charge in [-0.15, -0.1) is 0 Å². The highest BCUT2D eigenvalue weighted by atomic mass is 35.5. The summed E-state index contributed by atoms with van der Waals surface area (Å²) in [7, 11) is 1.83. The lowest BCUT2D eigenvalue weighted by Gasteiger charge is -2.10. The Hall–Kier alpha value is -3.16. The molecule has 0 amide bonds. The van der Waals surface area contributed by atoms with Gasteiger partial charge in [0.25, 0.3) is 0 Å². The maximum Gasteiger partial charge on any atom is 0.226 e. The molecular formula is C26H29Cl2N3O4. The van der Waals surface area contributed by atoms with E-state index in [0.717, 1.165) is 30.5 Å². The summed E-state index contributed by atoms with van der Waals surface area (Å²) in [6.07, 6.45) is 6.47. The minimum atomic E-state index is 0.173. The molecule has 0 radical (unpaired) electrons. The van der Waals surface area contributed by atoms with Crippen molar-refractivity contribution in [2.75, 3.05) is 13.2 Å². The minimum absolute atomic E-state index is 0.173. The molecule has 7 nitrogen and oxygen atoms in total. The number of hydrogen-bond donors (Lipinski definition) is 0. The van der Waals surface area contributed by atoms with Crippen molar-refractivity contribution in [3.63, 3.8) is 0 Å². The van der Waals surface area contributed by atoms with Gasteiger partial charge in [0.15, 0.2) is 0 Å². The number of benzene rings is 2. The summed E-state index contributed by atoms with van der Waals surface area (Å²) in [5.41, 5.74) is 1.58. The van der Waals surface area contributed by atoms with E-state index in [4.69, 9.17) is 42.3 Å². The number of nitrogens with zero attached hydrogens (tertiary/aromatic N) is 3. The van der Waals surface area contributed by atoms with Gasteiger partial charge in [0.1, 0.15) is 40.7 Å². The van der Waals surface area contributed by atoms with Gasteiger partial charge in [-0.2, -0.15) is 5.10 Å². The van der Waals surface area contributed by atoms with Crippen LogP contribution in [0.4, 0.5) is 0 Å². The molecular weight excluding hydrogens is 489 g/mol. The average molecular weight is 518 g/mol. The van der Waals surface area contributed by atoms with Gasteiger partial charge < -0.3 is 19.0 Å². The smallest absolute Gasteiger partial charge is 0.226 e. The molecule has 35 heavy (non-hydrogen) atoms. The predicted molar refractivity (Wildman–Crippen MR) is 139 cm³/mol. The molecule has 0 atom stereocenters. The van der Waals surface area contributed by atoms with Crippen LogP contribution in [-0.2, 0) is 11.9 Å². The highest BCUT2D eigenvalue weighted by Gasteiger charge is 2.14. The Morgan fingerprint density at radius 3 is 2.14 bits per heavy atom. The Kier molecular flexibility index (Phi) is 10.3. The third kappa shape index (κ3) is 8.53. The Morgan fingerprint density at radius 2 is 1.54 bits per heavy atom. The molecule has 0 saturated heterocycles. The fourth-order valence-electron chi connectivity index (χ4n) is 3.11. The molecule has 0 aliphatic rings. The monoisotopic (exact) mass is 517 g/mol. The molecule has 0 bridgehead atoms. The third-order valence-corrected chi connectivity index (χ3v) is 5.20. The van der Waals surface area contributed by atoms with Gasteiger partial charge >= 0.3 is 0 Å². The van der Waals surface area contributed by atoms with Gasteiger partial charge in [0, 0.05) is 7.05 Å². The van der Waals surface area contributed by atoms with Crippen LogP contribution in [0.2, 0.25) is 0 Å². The van der Waals surface area contributed by atoms with Crippen LogP contribution in [0.5, 0.6) is 28.9 Å². The van der Waals surface area contributed by atoms with E-state index in [2.05, 4.69) is 17.2 Å². The van der Waals surface area contributed by atoms with E-state index in [9.17, 15) is 0 Å². The number of halogens is 2. The molecule has 2 aromatic carbocycles. The number of unbranched alkanes of at least 4 members (excludes halogenated alkanes) is 2. The largest absolute Gasteiger partial charge is 0.489 e. The summed E-state index contributed by atoms with van der Waals surface area (Å²) in [6.45, 7) is 4.94. The van der Waals surface area contributed by atoms with Gasteiger partial charge in [-0.3, -0.25) is 0 Å². The van der Waals surface area contributed by atoms with Crippen LogP contribution >= 0.6 is 23.2 Å². The van der Waals surface area contributed by atoms with Crippen molar-refractivity contribution in [1.29, 1.82) is 0 Å². The lowest BCUT2D eigenvalue weighted by molar-refractivity contribution is 0.141. The lowest BCUT2D eigenvalue weighted by Crippen LogP contribution is -1.97. The summed E-state index contributed by atoms with van der Waals surface area (Å²) in [4.78, 5) is 5.36. The number of ether oxygens (including phenoxy) is 3. The molecule has 3 rings (SSSR count). The zero-order valence-corrected chi connectivity index (χ0v) is 21.6. The first kappa shape index (κ1) is 26.4. The van der Waals surface area contributed by atoms with E-state index in [1.54, 1.807) is 17.0 Å². The second-order valence-corrected chi connectivity index (χ2v) is 8.66. The highest BCUT2D eigenvalue weighted by Crippen LogP contribution is 2.29. The Balaban J connectivity index is 1.59. The van der Waals surface area contributed by atoms with Crippen molar-refractivity contribution < 1.29 is 19.0 Å². The van der Waals surface area contributed by atoms with Gasteiger partial charge in [-0.05, 0) is 68.0 Å². The van der Waals surface area contributed by atoms with Crippen LogP contribution in [0.3, 0.4) is 0 Å². The van der Waals surface area contributed by atoms with Crippen LogP contribution in [0.25, 0.3) is 0 Å². The standard InChI is InChI=1S/C26H29Cl2N3O4/c1-4-5-6-16-33-29-18-24-19(2)30-31(3)26(24)35-23-13-11-22(12-14-23)34-21-9-7-20(8-10-21)32-17-15-25(27)28/h7-15,18H,4-6,16-17H2,1-3H3. The first-order chi connectivity index (χ1) is 17.0. The van der Waals surface area contributed by atoms with Gasteiger partial charge in [0.2, 0.25) is 5.88 Å². The molecule has 9 heteroatoms. The maximum absolute atomic E-state index is 6.09. The molecule has 0 aliphatic heterocycles. The summed E-state index contributed by atoms with van der Waals surface area (Å²) >= 11 is 11.1. The van der Waals surface area contributed by atoms with Gasteiger partial charge in [0.05, 0.1) is 17.5 Å². The highest BCUT2D eigenvalue weighted by molar-refractivity contribution is 6.55. The Morgan fingerprint density at radius 1 is 0.943 bits per heavy atom. The number of aromatic nitrogens is 2. The number of hydrogen-bond acceptors (Lipinski definition) is 6. The normalized spacial score (nSPS) is 10.9. The van der Waals surface area contributed by atoms with Crippen LogP contribution in [0.1, 0.15) is 37.4 Å². The second kappa shape index (κ2) is 13.7. The summed E-state index contributed by atoms with van der Waals surface area (Å²) in [6, 6.07) is 14.6. The first-order valence-electron chi connectivity index (χ1n) is 11.3. The molecule has 0 saturated carbocycles. The van der Waals surface area contributed by atoms with E-state index >= 15 is 0 Å². The Labute approximate surface area is 215 Å². The lowest BCUT2D eigenvalue weighted by atomic mass is 10.2. The van der Waals surface area contributed by atoms with E-state index in [1.165, 1.54) is 0 Å². The van der Waals surface area contributed by atoms with Crippen molar-refractivity contribution >= 4 is 29.4 Å². The first-order valence-corrected chi connectivity index (χ1v) is 12.1. The van der Waals surface area contributed by atoms with Crippen LogP contribution in [0, 0.1) is 6.92 Å². The molecule has 0 fully saturated rings. The summed E-state index contributed by atoms with van der Waals surface area (Å²) in [5, 5.41) is 8.52. The average Bonchev–Trinajstić information content (AvgIpc) is 3.10. The number of oxime groups is 1. The quantitative estimate of drug-likeness (QED) is 0.133. The van der Waals surface area contributed by atoms with E-state index in [0.29, 0.717) is 42.1 Å². The maximum atomic E-state index is 6.09. The molecule has 0 spiro atoms. The van der Waals surface area contributed by atoms with Crippen molar-refractivity contribution in [2.45, 2.75) is 33.1 Å². The molecule has 1 heterocycles. The van der Waals surface area contributed by atoms with E-state index in [-0.39, 0.29) is 4.49 Å². The molecule has 0 aliphatic carbocycles. The minimum Gasteiger partial charge on any atom is -0.489 e. The second-order valence-electron chi connectivity index (χ2n) is 7.65. The zero-order valence-electron chi connectivity index (χ0n) is 20.0. The van der Waals surface area contributed by atoms with Crippen molar-refractivity contribution in [3.8, 4) is 28.9 Å². The van der Waals surface area contributed by atoms with Gasteiger partial charge in [-0.1, -0.05) is 48.1 Å². The van der Waals surface area contributed by atoms with Crippen molar-refractivity contribution in [1.82, 2.24) is 9.78 Å². The van der Waals surface area contributed by atoms with Crippen LogP contribution in [-0.4, -0.2) is 29.2 Å². The molecule has 1 aromatic heterocycles. The SMILES string of the molecule is CCCCCON=Cc1c(C)nn(C)c1Oc1ccc(Oc2ccc(OCC=C(Cl)Cl)cc2)cc1.